The van der Waals surface area contributed by atoms with Crippen molar-refractivity contribution in [3.05, 3.63) is 51.9 Å². The largest absolute Gasteiger partial charge is 0.461 e. The molecule has 0 aliphatic carbocycles. The van der Waals surface area contributed by atoms with Gasteiger partial charge in [-0.15, -0.1) is 11.3 Å². The van der Waals surface area contributed by atoms with Crippen LogP contribution in [0.1, 0.15) is 22.0 Å². The van der Waals surface area contributed by atoms with E-state index in [2.05, 4.69) is 25.2 Å². The molecule has 1 aliphatic rings. The minimum absolute atomic E-state index is 0.674. The quantitative estimate of drug-likeness (QED) is 0.744. The van der Waals surface area contributed by atoms with Gasteiger partial charge in [-0.1, -0.05) is 0 Å². The molecule has 3 aromatic rings. The van der Waals surface area contributed by atoms with Gasteiger partial charge in [0.25, 0.3) is 0 Å². The van der Waals surface area contributed by atoms with Crippen LogP contribution in [0.2, 0.25) is 0 Å². The summed E-state index contributed by atoms with van der Waals surface area (Å²) in [6.45, 7) is 4.82. The van der Waals surface area contributed by atoms with Gasteiger partial charge in [-0.05, 0) is 19.1 Å². The van der Waals surface area contributed by atoms with E-state index < -0.39 is 0 Å². The van der Waals surface area contributed by atoms with Gasteiger partial charge in [-0.25, -0.2) is 15.0 Å². The Bertz CT molecular complexity index is 781. The fraction of sp³-hybridized carbons (Fsp3) is 0.312. The third kappa shape index (κ3) is 2.67. The first kappa shape index (κ1) is 13.6. The van der Waals surface area contributed by atoms with Crippen LogP contribution in [-0.2, 0) is 19.5 Å². The van der Waals surface area contributed by atoms with E-state index >= 15 is 0 Å². The van der Waals surface area contributed by atoms with Gasteiger partial charge < -0.3 is 4.42 Å². The van der Waals surface area contributed by atoms with Gasteiger partial charge in [0.15, 0.2) is 11.6 Å². The van der Waals surface area contributed by atoms with Crippen molar-refractivity contribution >= 4 is 11.3 Å². The van der Waals surface area contributed by atoms with Crippen molar-refractivity contribution in [1.82, 2.24) is 19.9 Å². The van der Waals surface area contributed by atoms with Crippen molar-refractivity contribution in [2.24, 2.45) is 0 Å². The Kier molecular flexibility index (Phi) is 3.48. The fourth-order valence-electron chi connectivity index (χ4n) is 2.70. The summed E-state index contributed by atoms with van der Waals surface area (Å²) >= 11 is 1.73. The standard InChI is InChI=1S/C16H16N4OS/c1-11-10-22-15(18-11)9-20-5-4-13-12(8-20)7-17-16(19-13)14-3-2-6-21-14/h2-3,6-7,10H,4-5,8-9H2,1H3. The van der Waals surface area contributed by atoms with Gasteiger partial charge in [0.2, 0.25) is 0 Å². The van der Waals surface area contributed by atoms with E-state index in [1.165, 1.54) is 10.6 Å². The third-order valence-electron chi connectivity index (χ3n) is 3.78. The molecule has 22 heavy (non-hydrogen) atoms. The third-order valence-corrected chi connectivity index (χ3v) is 4.73. The summed E-state index contributed by atoms with van der Waals surface area (Å²) in [5.74, 6) is 1.40. The van der Waals surface area contributed by atoms with Crippen LogP contribution < -0.4 is 0 Å². The average molecular weight is 312 g/mol. The number of thiazole rings is 1. The lowest BCUT2D eigenvalue weighted by atomic mass is 10.1. The van der Waals surface area contributed by atoms with Crippen molar-refractivity contribution in [3.63, 3.8) is 0 Å². The average Bonchev–Trinajstić information content (AvgIpc) is 3.19. The van der Waals surface area contributed by atoms with E-state index in [9.17, 15) is 0 Å². The molecule has 5 nitrogen and oxygen atoms in total. The second kappa shape index (κ2) is 5.62. The second-order valence-corrected chi connectivity index (χ2v) is 6.43. The Balaban J connectivity index is 1.52. The topological polar surface area (TPSA) is 55.1 Å². The molecule has 0 spiro atoms. The molecule has 0 amide bonds. The SMILES string of the molecule is Cc1csc(CN2CCc3nc(-c4ccco4)ncc3C2)n1. The molecule has 6 heteroatoms. The first-order valence-electron chi connectivity index (χ1n) is 7.30. The maximum Gasteiger partial charge on any atom is 0.195 e. The molecule has 0 N–H and O–H groups in total. The van der Waals surface area contributed by atoms with Gasteiger partial charge in [-0.3, -0.25) is 4.90 Å². The molecular formula is C16H16N4OS. The highest BCUT2D eigenvalue weighted by Crippen LogP contribution is 2.22. The summed E-state index contributed by atoms with van der Waals surface area (Å²) < 4.78 is 5.37. The van der Waals surface area contributed by atoms with E-state index in [0.717, 1.165) is 43.2 Å². The minimum atomic E-state index is 0.674. The number of aryl methyl sites for hydroxylation is 1. The minimum Gasteiger partial charge on any atom is -0.461 e. The van der Waals surface area contributed by atoms with Crippen molar-refractivity contribution in [2.75, 3.05) is 6.54 Å². The summed E-state index contributed by atoms with van der Waals surface area (Å²) in [5.41, 5.74) is 3.44. The summed E-state index contributed by atoms with van der Waals surface area (Å²) in [6, 6.07) is 3.75. The summed E-state index contributed by atoms with van der Waals surface area (Å²) in [4.78, 5) is 16.0. The molecule has 0 radical (unpaired) electrons. The van der Waals surface area contributed by atoms with E-state index in [4.69, 9.17) is 4.42 Å². The second-order valence-electron chi connectivity index (χ2n) is 5.49. The monoisotopic (exact) mass is 312 g/mol. The maximum atomic E-state index is 5.37. The number of nitrogens with zero attached hydrogens (tertiary/aromatic N) is 4. The van der Waals surface area contributed by atoms with Crippen molar-refractivity contribution in [2.45, 2.75) is 26.4 Å². The molecule has 4 heterocycles. The molecule has 0 unspecified atom stereocenters. The molecule has 0 atom stereocenters. The maximum absolute atomic E-state index is 5.37. The Hall–Kier alpha value is -2.05. The molecule has 0 saturated carbocycles. The molecule has 0 saturated heterocycles. The first-order chi connectivity index (χ1) is 10.8. The lowest BCUT2D eigenvalue weighted by Gasteiger charge is -2.27. The zero-order chi connectivity index (χ0) is 14.9. The smallest absolute Gasteiger partial charge is 0.195 e. The Morgan fingerprint density at radius 2 is 2.32 bits per heavy atom. The predicted molar refractivity (Wildman–Crippen MR) is 84.4 cm³/mol. The number of aromatic nitrogens is 3. The van der Waals surface area contributed by atoms with Crippen LogP contribution in [0.15, 0.2) is 34.4 Å². The van der Waals surface area contributed by atoms with Gasteiger partial charge in [0.1, 0.15) is 5.01 Å². The van der Waals surface area contributed by atoms with Crippen molar-refractivity contribution in [1.29, 1.82) is 0 Å². The zero-order valence-electron chi connectivity index (χ0n) is 12.3. The molecule has 112 valence electrons. The van der Waals surface area contributed by atoms with Gasteiger partial charge in [-0.2, -0.15) is 0 Å². The van der Waals surface area contributed by atoms with E-state index in [0.29, 0.717) is 5.82 Å². The van der Waals surface area contributed by atoms with Crippen LogP contribution in [0.4, 0.5) is 0 Å². The number of hydrogen-bond donors (Lipinski definition) is 0. The summed E-state index contributed by atoms with van der Waals surface area (Å²) in [6.07, 6.45) is 4.52. The van der Waals surface area contributed by atoms with E-state index in [1.54, 1.807) is 17.6 Å². The Morgan fingerprint density at radius 1 is 1.36 bits per heavy atom. The van der Waals surface area contributed by atoms with Crippen LogP contribution in [-0.4, -0.2) is 26.4 Å². The molecule has 1 aliphatic heterocycles. The van der Waals surface area contributed by atoms with Gasteiger partial charge in [0, 0.05) is 42.3 Å². The molecule has 0 bridgehead atoms. The number of fused-ring (bicyclic) bond motifs is 1. The number of hydrogen-bond acceptors (Lipinski definition) is 6. The molecule has 3 aromatic heterocycles. The highest BCUT2D eigenvalue weighted by Gasteiger charge is 2.20. The lowest BCUT2D eigenvalue weighted by Crippen LogP contribution is -2.30. The summed E-state index contributed by atoms with van der Waals surface area (Å²) in [7, 11) is 0. The van der Waals surface area contributed by atoms with Crippen LogP contribution in [0.5, 0.6) is 0 Å². The first-order valence-corrected chi connectivity index (χ1v) is 8.18. The molecule has 4 rings (SSSR count). The van der Waals surface area contributed by atoms with Gasteiger partial charge in [0.05, 0.1) is 18.5 Å². The van der Waals surface area contributed by atoms with Crippen LogP contribution in [0.25, 0.3) is 11.6 Å². The lowest BCUT2D eigenvalue weighted by molar-refractivity contribution is 0.242. The predicted octanol–water partition coefficient (Wildman–Crippen LogP) is 3.06. The van der Waals surface area contributed by atoms with Crippen LogP contribution in [0.3, 0.4) is 0 Å². The highest BCUT2D eigenvalue weighted by atomic mass is 32.1. The van der Waals surface area contributed by atoms with E-state index in [1.807, 2.05) is 25.3 Å². The normalized spacial score (nSPS) is 15.0. The van der Waals surface area contributed by atoms with Crippen molar-refractivity contribution < 1.29 is 4.42 Å². The summed E-state index contributed by atoms with van der Waals surface area (Å²) in [5, 5.41) is 3.28. The van der Waals surface area contributed by atoms with Crippen molar-refractivity contribution in [3.8, 4) is 11.6 Å². The van der Waals surface area contributed by atoms with E-state index in [-0.39, 0.29) is 0 Å². The highest BCUT2D eigenvalue weighted by molar-refractivity contribution is 7.09. The Labute approximate surface area is 132 Å². The molecule has 0 aromatic carbocycles. The van der Waals surface area contributed by atoms with Crippen LogP contribution >= 0.6 is 11.3 Å². The fourth-order valence-corrected chi connectivity index (χ4v) is 3.51. The van der Waals surface area contributed by atoms with Crippen LogP contribution in [0, 0.1) is 6.92 Å². The molecular weight excluding hydrogens is 296 g/mol. The van der Waals surface area contributed by atoms with Gasteiger partial charge >= 0.3 is 0 Å². The number of furan rings is 1. The molecule has 0 fully saturated rings. The number of rotatable bonds is 3. The Morgan fingerprint density at radius 3 is 3.09 bits per heavy atom. The zero-order valence-corrected chi connectivity index (χ0v) is 13.1.